The predicted octanol–water partition coefficient (Wildman–Crippen LogP) is 5.68. The first-order valence-corrected chi connectivity index (χ1v) is 11.5. The molecule has 0 bridgehead atoms. The molecule has 0 amide bonds. The standard InChI is InChI=1S/C25H23F5N6O/c1-14-11-36-15(2)32-21(18-5-4-10-31-23(18)37-24(26)27)19(36)12-35(14)17-8-6-16(7-9-17)22-33-20(13-34(22)3)25(28,29)30/h4-10,13-14,24H,11-12H2,1-3H3/t14-/m0/s1. The average molecular weight is 518 g/mol. The summed E-state index contributed by atoms with van der Waals surface area (Å²) in [6.45, 7) is 1.93. The summed E-state index contributed by atoms with van der Waals surface area (Å²) >= 11 is 0. The number of ether oxygens (including phenoxy) is 1. The number of hydrogen-bond donors (Lipinski definition) is 0. The summed E-state index contributed by atoms with van der Waals surface area (Å²) in [5.41, 5.74) is 2.18. The number of pyridine rings is 1. The van der Waals surface area contributed by atoms with E-state index in [1.165, 1.54) is 17.8 Å². The van der Waals surface area contributed by atoms with Crippen LogP contribution < -0.4 is 9.64 Å². The Morgan fingerprint density at radius 2 is 1.81 bits per heavy atom. The van der Waals surface area contributed by atoms with E-state index in [0.29, 0.717) is 29.9 Å². The Hall–Kier alpha value is -3.96. The van der Waals surface area contributed by atoms with Gasteiger partial charge >= 0.3 is 12.8 Å². The van der Waals surface area contributed by atoms with Crippen molar-refractivity contribution in [3.05, 3.63) is 66.0 Å². The van der Waals surface area contributed by atoms with Gasteiger partial charge in [0.25, 0.3) is 0 Å². The number of aryl methyl sites for hydroxylation is 2. The second kappa shape index (κ2) is 9.16. The number of halogens is 5. The summed E-state index contributed by atoms with van der Waals surface area (Å²) in [7, 11) is 1.52. The van der Waals surface area contributed by atoms with Crippen molar-refractivity contribution < 1.29 is 26.7 Å². The summed E-state index contributed by atoms with van der Waals surface area (Å²) < 4.78 is 73.2. The quantitative estimate of drug-likeness (QED) is 0.318. The lowest BCUT2D eigenvalue weighted by Gasteiger charge is -2.37. The normalized spacial score (nSPS) is 15.8. The van der Waals surface area contributed by atoms with Gasteiger partial charge in [0.05, 0.1) is 23.5 Å². The van der Waals surface area contributed by atoms with Crippen LogP contribution in [0.1, 0.15) is 24.1 Å². The summed E-state index contributed by atoms with van der Waals surface area (Å²) in [5, 5.41) is 0. The van der Waals surface area contributed by atoms with Crippen molar-refractivity contribution in [1.29, 1.82) is 0 Å². The van der Waals surface area contributed by atoms with Gasteiger partial charge in [-0.2, -0.15) is 22.0 Å². The topological polar surface area (TPSA) is 61.0 Å². The van der Waals surface area contributed by atoms with Gasteiger partial charge in [-0.3, -0.25) is 0 Å². The van der Waals surface area contributed by atoms with Crippen molar-refractivity contribution >= 4 is 5.69 Å². The summed E-state index contributed by atoms with van der Waals surface area (Å²) in [6, 6.07) is 10.5. The van der Waals surface area contributed by atoms with Gasteiger partial charge in [0.15, 0.2) is 5.69 Å². The van der Waals surface area contributed by atoms with Gasteiger partial charge in [0.1, 0.15) is 11.6 Å². The highest BCUT2D eigenvalue weighted by Crippen LogP contribution is 2.37. The molecule has 37 heavy (non-hydrogen) atoms. The molecule has 1 aliphatic rings. The number of fused-ring (bicyclic) bond motifs is 1. The van der Waals surface area contributed by atoms with Crippen LogP contribution in [0, 0.1) is 6.92 Å². The fourth-order valence-electron chi connectivity index (χ4n) is 4.68. The molecular weight excluding hydrogens is 495 g/mol. The van der Waals surface area contributed by atoms with Crippen molar-refractivity contribution in [1.82, 2.24) is 24.1 Å². The lowest BCUT2D eigenvalue weighted by Crippen LogP contribution is -2.41. The van der Waals surface area contributed by atoms with E-state index in [9.17, 15) is 22.0 Å². The zero-order valence-electron chi connectivity index (χ0n) is 20.2. The van der Waals surface area contributed by atoms with E-state index in [-0.39, 0.29) is 17.7 Å². The zero-order valence-corrected chi connectivity index (χ0v) is 20.2. The van der Waals surface area contributed by atoms with Crippen molar-refractivity contribution in [2.24, 2.45) is 7.05 Å². The highest BCUT2D eigenvalue weighted by atomic mass is 19.4. The van der Waals surface area contributed by atoms with E-state index < -0.39 is 18.5 Å². The molecule has 7 nitrogen and oxygen atoms in total. The number of benzene rings is 1. The number of rotatable bonds is 5. The van der Waals surface area contributed by atoms with Crippen molar-refractivity contribution in [2.45, 2.75) is 45.8 Å². The minimum absolute atomic E-state index is 0.0646. The smallest absolute Gasteiger partial charge is 0.416 e. The van der Waals surface area contributed by atoms with Crippen LogP contribution in [0.4, 0.5) is 27.6 Å². The van der Waals surface area contributed by atoms with Crippen molar-refractivity contribution in [3.8, 4) is 28.5 Å². The third-order valence-electron chi connectivity index (χ3n) is 6.41. The first-order chi connectivity index (χ1) is 17.5. The molecule has 0 spiro atoms. The molecule has 4 heterocycles. The van der Waals surface area contributed by atoms with Crippen LogP contribution in [0.2, 0.25) is 0 Å². The molecule has 1 aromatic carbocycles. The van der Waals surface area contributed by atoms with Crippen molar-refractivity contribution in [3.63, 3.8) is 0 Å². The Bertz CT molecular complexity index is 1430. The van der Waals surface area contributed by atoms with Gasteiger partial charge in [0.2, 0.25) is 5.88 Å². The molecule has 1 aliphatic heterocycles. The van der Waals surface area contributed by atoms with E-state index >= 15 is 0 Å². The molecule has 0 fully saturated rings. The highest BCUT2D eigenvalue weighted by Gasteiger charge is 2.35. The first kappa shape index (κ1) is 24.7. The van der Waals surface area contributed by atoms with Gasteiger partial charge in [-0.1, -0.05) is 0 Å². The second-order valence-electron chi connectivity index (χ2n) is 8.88. The molecule has 5 rings (SSSR count). The monoisotopic (exact) mass is 518 g/mol. The molecule has 0 radical (unpaired) electrons. The Kier molecular flexibility index (Phi) is 6.12. The Labute approximate surface area is 209 Å². The average Bonchev–Trinajstić information content (AvgIpc) is 3.39. The maximum Gasteiger partial charge on any atom is 0.434 e. The molecule has 3 aromatic heterocycles. The van der Waals surface area contributed by atoms with E-state index in [0.717, 1.165) is 23.4 Å². The van der Waals surface area contributed by atoms with Gasteiger partial charge in [-0.05, 0) is 50.2 Å². The number of nitrogens with zero attached hydrogens (tertiary/aromatic N) is 6. The summed E-state index contributed by atoms with van der Waals surface area (Å²) in [5.74, 6) is 0.764. The number of hydrogen-bond acceptors (Lipinski definition) is 5. The minimum Gasteiger partial charge on any atom is -0.416 e. The predicted molar refractivity (Wildman–Crippen MR) is 126 cm³/mol. The molecule has 0 N–H and O–H groups in total. The highest BCUT2D eigenvalue weighted by molar-refractivity contribution is 5.69. The fraction of sp³-hybridized carbons (Fsp3) is 0.320. The lowest BCUT2D eigenvalue weighted by molar-refractivity contribution is -0.140. The molecule has 0 aliphatic carbocycles. The van der Waals surface area contributed by atoms with Crippen LogP contribution in [-0.2, 0) is 26.3 Å². The molecule has 0 unspecified atom stereocenters. The molecular formula is C25H23F5N6O. The number of alkyl halides is 5. The third-order valence-corrected chi connectivity index (χ3v) is 6.41. The molecule has 1 atom stereocenters. The van der Waals surface area contributed by atoms with Crippen LogP contribution in [-0.4, -0.2) is 36.7 Å². The number of aromatic nitrogens is 5. The fourth-order valence-corrected chi connectivity index (χ4v) is 4.68. The largest absolute Gasteiger partial charge is 0.434 e. The third kappa shape index (κ3) is 4.63. The van der Waals surface area contributed by atoms with Gasteiger partial charge in [-0.25, -0.2) is 15.0 Å². The van der Waals surface area contributed by atoms with Gasteiger partial charge in [-0.15, -0.1) is 0 Å². The lowest BCUT2D eigenvalue weighted by atomic mass is 10.1. The van der Waals surface area contributed by atoms with E-state index in [2.05, 4.69) is 36.1 Å². The van der Waals surface area contributed by atoms with E-state index in [1.807, 2.05) is 19.1 Å². The first-order valence-electron chi connectivity index (χ1n) is 11.5. The van der Waals surface area contributed by atoms with Crippen LogP contribution in [0.5, 0.6) is 5.88 Å². The van der Waals surface area contributed by atoms with Gasteiger partial charge in [0, 0.05) is 43.3 Å². The number of imidazole rings is 2. The zero-order chi connectivity index (χ0) is 26.5. The van der Waals surface area contributed by atoms with Crippen LogP contribution in [0.3, 0.4) is 0 Å². The van der Waals surface area contributed by atoms with Crippen molar-refractivity contribution in [2.75, 3.05) is 4.90 Å². The van der Waals surface area contributed by atoms with E-state index in [4.69, 9.17) is 0 Å². The molecule has 4 aromatic rings. The number of anilines is 1. The molecule has 194 valence electrons. The van der Waals surface area contributed by atoms with Crippen LogP contribution >= 0.6 is 0 Å². The van der Waals surface area contributed by atoms with Gasteiger partial charge < -0.3 is 18.8 Å². The van der Waals surface area contributed by atoms with Crippen LogP contribution in [0.15, 0.2) is 48.8 Å². The SMILES string of the molecule is Cc1nc(-c2cccnc2OC(F)F)c2n1C[C@H](C)N(c1ccc(-c3nc(C(F)(F)F)cn3C)cc1)C2. The maximum absolute atomic E-state index is 13.1. The molecule has 0 saturated heterocycles. The Morgan fingerprint density at radius 3 is 2.46 bits per heavy atom. The van der Waals surface area contributed by atoms with Crippen LogP contribution in [0.25, 0.3) is 22.6 Å². The maximum atomic E-state index is 13.1. The second-order valence-corrected chi connectivity index (χ2v) is 8.88. The summed E-state index contributed by atoms with van der Waals surface area (Å²) in [6.07, 6.45) is -2.18. The minimum atomic E-state index is -4.52. The molecule has 12 heteroatoms. The molecule has 0 saturated carbocycles. The van der Waals surface area contributed by atoms with E-state index in [1.54, 1.807) is 24.3 Å². The Balaban J connectivity index is 1.47. The Morgan fingerprint density at radius 1 is 1.08 bits per heavy atom. The summed E-state index contributed by atoms with van der Waals surface area (Å²) in [4.78, 5) is 14.5.